The molecular weight excluding hydrogens is 216 g/mol. The molecule has 1 N–H and O–H groups in total. The highest BCUT2D eigenvalue weighted by molar-refractivity contribution is 8.00. The summed E-state index contributed by atoms with van der Waals surface area (Å²) in [4.78, 5) is 28.2. The molecule has 0 aliphatic rings. The summed E-state index contributed by atoms with van der Waals surface area (Å²) in [5, 5.41) is 10.1. The third kappa shape index (κ3) is 3.39. The number of rotatable bonds is 4. The van der Waals surface area contributed by atoms with Gasteiger partial charge in [-0.3, -0.25) is 4.79 Å². The third-order valence-corrected chi connectivity index (χ3v) is 2.72. The highest BCUT2D eigenvalue weighted by Gasteiger charge is 2.08. The van der Waals surface area contributed by atoms with Crippen LogP contribution in [0, 0.1) is 0 Å². The highest BCUT2D eigenvalue weighted by Crippen LogP contribution is 2.17. The van der Waals surface area contributed by atoms with Gasteiger partial charge in [0.15, 0.2) is 5.16 Å². The van der Waals surface area contributed by atoms with Crippen molar-refractivity contribution in [2.24, 2.45) is 0 Å². The Bertz CT molecular complexity index is 416. The lowest BCUT2D eigenvalue weighted by Gasteiger charge is -2.10. The summed E-state index contributed by atoms with van der Waals surface area (Å²) in [6, 6.07) is 1.40. The molecule has 0 saturated heterocycles. The number of nitrogens with one attached hydrogen (secondary N) is 1. The lowest BCUT2D eigenvalue weighted by molar-refractivity contribution is -0.304. The molecule has 0 aromatic carbocycles. The second kappa shape index (κ2) is 4.97. The maximum Gasteiger partial charge on any atom is 0.251 e. The van der Waals surface area contributed by atoms with Gasteiger partial charge in [-0.05, 0) is 13.3 Å². The van der Waals surface area contributed by atoms with Crippen LogP contribution in [0.1, 0.15) is 19.5 Å². The minimum absolute atomic E-state index is 0.269. The predicted molar refractivity (Wildman–Crippen MR) is 54.6 cm³/mol. The van der Waals surface area contributed by atoms with Gasteiger partial charge in [0.25, 0.3) is 5.56 Å². The highest BCUT2D eigenvalue weighted by atomic mass is 32.2. The Kier molecular flexibility index (Phi) is 3.90. The molecule has 0 bridgehead atoms. The number of aromatic amines is 1. The van der Waals surface area contributed by atoms with E-state index in [0.717, 1.165) is 11.8 Å². The van der Waals surface area contributed by atoms with Gasteiger partial charge in [-0.1, -0.05) is 18.7 Å². The number of carbonyl (C=O) groups excluding carboxylic acids is 1. The van der Waals surface area contributed by atoms with E-state index in [0.29, 0.717) is 17.3 Å². The summed E-state index contributed by atoms with van der Waals surface area (Å²) in [7, 11) is 0. The smallest absolute Gasteiger partial charge is 0.251 e. The van der Waals surface area contributed by atoms with Crippen LogP contribution < -0.4 is 10.7 Å². The van der Waals surface area contributed by atoms with E-state index in [1.165, 1.54) is 13.0 Å². The number of carboxylic acids is 1. The van der Waals surface area contributed by atoms with Crippen LogP contribution >= 0.6 is 11.8 Å². The second-order valence-corrected chi connectivity index (χ2v) is 4.30. The number of nitrogens with zero attached hydrogens (tertiary/aromatic N) is 1. The van der Waals surface area contributed by atoms with Crippen LogP contribution in [0.15, 0.2) is 16.0 Å². The van der Waals surface area contributed by atoms with Gasteiger partial charge in [0.2, 0.25) is 0 Å². The van der Waals surface area contributed by atoms with Gasteiger partial charge in [0.1, 0.15) is 0 Å². The quantitative estimate of drug-likeness (QED) is 0.557. The zero-order chi connectivity index (χ0) is 11.4. The van der Waals surface area contributed by atoms with Crippen LogP contribution in [-0.4, -0.2) is 21.2 Å². The van der Waals surface area contributed by atoms with Crippen molar-refractivity contribution < 1.29 is 9.90 Å². The molecule has 0 aliphatic carbocycles. The van der Waals surface area contributed by atoms with Gasteiger partial charge in [0, 0.05) is 17.0 Å². The molecule has 82 valence electrons. The molecule has 0 fully saturated rings. The first kappa shape index (κ1) is 11.8. The Morgan fingerprint density at radius 2 is 2.40 bits per heavy atom. The van der Waals surface area contributed by atoms with E-state index in [1.54, 1.807) is 0 Å². The van der Waals surface area contributed by atoms with Gasteiger partial charge in [0.05, 0.1) is 5.97 Å². The van der Waals surface area contributed by atoms with Crippen molar-refractivity contribution in [1.29, 1.82) is 0 Å². The minimum atomic E-state index is -1.18. The topological polar surface area (TPSA) is 85.9 Å². The largest absolute Gasteiger partial charge is 0.549 e. The first-order chi connectivity index (χ1) is 7.02. The Morgan fingerprint density at radius 1 is 1.73 bits per heavy atom. The molecule has 6 heteroatoms. The molecule has 0 spiro atoms. The molecule has 1 rings (SSSR count). The van der Waals surface area contributed by atoms with Crippen LogP contribution in [0.5, 0.6) is 0 Å². The van der Waals surface area contributed by atoms with Crippen molar-refractivity contribution in [2.75, 3.05) is 0 Å². The van der Waals surface area contributed by atoms with Gasteiger partial charge < -0.3 is 14.9 Å². The van der Waals surface area contributed by atoms with E-state index in [1.807, 2.05) is 6.92 Å². The summed E-state index contributed by atoms with van der Waals surface area (Å²) < 4.78 is 0. The first-order valence-electron chi connectivity index (χ1n) is 4.50. The number of hydrogen-bond donors (Lipinski definition) is 1. The maximum absolute atomic E-state index is 11.1. The SMILES string of the molecule is CCc1cc(=O)[nH]c(S[C@H](C)C(=O)[O-])n1. The number of aliphatic carboxylic acids is 1. The lowest BCUT2D eigenvalue weighted by atomic mass is 10.3. The van der Waals surface area contributed by atoms with E-state index in [2.05, 4.69) is 9.97 Å². The van der Waals surface area contributed by atoms with Crippen molar-refractivity contribution >= 4 is 17.7 Å². The van der Waals surface area contributed by atoms with Crippen molar-refractivity contribution in [3.63, 3.8) is 0 Å². The molecule has 1 atom stereocenters. The Morgan fingerprint density at radius 3 is 2.93 bits per heavy atom. The van der Waals surface area contributed by atoms with Crippen molar-refractivity contribution in [3.8, 4) is 0 Å². The fourth-order valence-corrected chi connectivity index (χ4v) is 1.70. The summed E-state index contributed by atoms with van der Waals surface area (Å²) in [5.41, 5.74) is 0.377. The van der Waals surface area contributed by atoms with Crippen LogP contribution in [0.2, 0.25) is 0 Å². The summed E-state index contributed by atoms with van der Waals surface area (Å²) in [6.45, 7) is 3.36. The first-order valence-corrected chi connectivity index (χ1v) is 5.38. The Hall–Kier alpha value is -1.30. The standard InChI is InChI=1S/C9H12N2O3S/c1-3-6-4-7(12)11-9(10-6)15-5(2)8(13)14/h4-5H,3H2,1-2H3,(H,13,14)(H,10,11,12)/p-1/t5-/m1/s1. The molecule has 0 unspecified atom stereocenters. The monoisotopic (exact) mass is 227 g/mol. The number of carbonyl (C=O) groups is 1. The molecule has 15 heavy (non-hydrogen) atoms. The summed E-state index contributed by atoms with van der Waals surface area (Å²) in [6.07, 6.45) is 0.636. The van der Waals surface area contributed by atoms with Gasteiger partial charge >= 0.3 is 0 Å². The van der Waals surface area contributed by atoms with Gasteiger partial charge in [-0.2, -0.15) is 0 Å². The molecule has 0 saturated carbocycles. The molecule has 1 aromatic rings. The fourth-order valence-electron chi connectivity index (χ4n) is 0.936. The number of aryl methyl sites for hydroxylation is 1. The average Bonchev–Trinajstić information content (AvgIpc) is 2.16. The fraction of sp³-hybridized carbons (Fsp3) is 0.444. The number of carboxylic acid groups (broad SMARTS) is 1. The number of thioether (sulfide) groups is 1. The van der Waals surface area contributed by atoms with E-state index in [4.69, 9.17) is 0 Å². The lowest BCUT2D eigenvalue weighted by Crippen LogP contribution is -2.31. The molecule has 1 aromatic heterocycles. The van der Waals surface area contributed by atoms with Crippen LogP contribution in [0.25, 0.3) is 0 Å². The van der Waals surface area contributed by atoms with E-state index in [-0.39, 0.29) is 5.56 Å². The second-order valence-electron chi connectivity index (χ2n) is 2.97. The van der Waals surface area contributed by atoms with Gasteiger partial charge in [-0.15, -0.1) is 0 Å². The maximum atomic E-state index is 11.1. The van der Waals surface area contributed by atoms with Crippen LogP contribution in [0.3, 0.4) is 0 Å². The summed E-state index contributed by atoms with van der Waals surface area (Å²) in [5.74, 6) is -1.18. The van der Waals surface area contributed by atoms with Crippen molar-refractivity contribution in [2.45, 2.75) is 30.7 Å². The molecule has 0 aliphatic heterocycles. The normalized spacial score (nSPS) is 12.4. The molecule has 5 nitrogen and oxygen atoms in total. The molecule has 1 heterocycles. The average molecular weight is 227 g/mol. The molecular formula is C9H11N2O3S-. The van der Waals surface area contributed by atoms with Crippen molar-refractivity contribution in [1.82, 2.24) is 9.97 Å². The number of hydrogen-bond acceptors (Lipinski definition) is 5. The Balaban J connectivity index is 2.90. The minimum Gasteiger partial charge on any atom is -0.549 e. The summed E-state index contributed by atoms with van der Waals surface area (Å²) >= 11 is 0.967. The predicted octanol–water partition coefficient (Wildman–Crippen LogP) is -0.437. The van der Waals surface area contributed by atoms with Crippen LogP contribution in [0.4, 0.5) is 0 Å². The number of aromatic nitrogens is 2. The molecule has 0 amide bonds. The Labute approximate surface area is 90.9 Å². The number of H-pyrrole nitrogens is 1. The molecule has 0 radical (unpaired) electrons. The van der Waals surface area contributed by atoms with Gasteiger partial charge in [-0.25, -0.2) is 4.98 Å². The van der Waals surface area contributed by atoms with E-state index in [9.17, 15) is 14.7 Å². The van der Waals surface area contributed by atoms with E-state index < -0.39 is 11.2 Å². The van der Waals surface area contributed by atoms with Crippen LogP contribution in [-0.2, 0) is 11.2 Å². The van der Waals surface area contributed by atoms with E-state index >= 15 is 0 Å². The third-order valence-electron chi connectivity index (χ3n) is 1.76. The zero-order valence-corrected chi connectivity index (χ0v) is 9.26. The zero-order valence-electron chi connectivity index (χ0n) is 8.44. The van der Waals surface area contributed by atoms with Crippen molar-refractivity contribution in [3.05, 3.63) is 22.1 Å².